The van der Waals surface area contributed by atoms with E-state index in [-0.39, 0.29) is 31.2 Å². The van der Waals surface area contributed by atoms with Gasteiger partial charge in [0.15, 0.2) is 6.61 Å². The molecule has 0 unspecified atom stereocenters. The largest absolute Gasteiger partial charge is 0.488 e. The maximum Gasteiger partial charge on any atom is 0.338 e. The van der Waals surface area contributed by atoms with Crippen LogP contribution in [0.5, 0.6) is 5.75 Å². The van der Waals surface area contributed by atoms with Crippen LogP contribution in [0.4, 0.5) is 0 Å². The molecule has 5 heteroatoms. The molecule has 2 aliphatic rings. The van der Waals surface area contributed by atoms with Crippen LogP contribution in [0.15, 0.2) is 29.8 Å². The number of para-hydroxylation sites is 1. The van der Waals surface area contributed by atoms with Crippen molar-refractivity contribution in [3.63, 3.8) is 0 Å². The Morgan fingerprint density at radius 3 is 2.67 bits per heavy atom. The molecular formula is C19H23NO4. The number of likely N-dealkylation sites (tertiary alicyclic amines) is 1. The van der Waals surface area contributed by atoms with Gasteiger partial charge in [-0.25, -0.2) is 4.79 Å². The predicted octanol–water partition coefficient (Wildman–Crippen LogP) is 2.80. The number of amides is 1. The van der Waals surface area contributed by atoms with E-state index in [1.54, 1.807) is 6.08 Å². The van der Waals surface area contributed by atoms with Gasteiger partial charge in [0.25, 0.3) is 5.91 Å². The van der Waals surface area contributed by atoms with E-state index in [0.29, 0.717) is 5.57 Å². The Hall–Kier alpha value is -2.30. The average molecular weight is 329 g/mol. The van der Waals surface area contributed by atoms with Gasteiger partial charge in [-0.2, -0.15) is 0 Å². The lowest BCUT2D eigenvalue weighted by Crippen LogP contribution is -2.49. The smallest absolute Gasteiger partial charge is 0.338 e. The topological polar surface area (TPSA) is 55.8 Å². The van der Waals surface area contributed by atoms with Crippen molar-refractivity contribution in [2.75, 3.05) is 13.2 Å². The van der Waals surface area contributed by atoms with E-state index >= 15 is 0 Å². The molecule has 0 spiro atoms. The zero-order valence-corrected chi connectivity index (χ0v) is 14.2. The van der Waals surface area contributed by atoms with Crippen molar-refractivity contribution < 1.29 is 19.1 Å². The molecule has 1 fully saturated rings. The third-order valence-corrected chi connectivity index (χ3v) is 4.70. The summed E-state index contributed by atoms with van der Waals surface area (Å²) in [6.07, 6.45) is 4.90. The van der Waals surface area contributed by atoms with Crippen LogP contribution in [-0.4, -0.2) is 42.1 Å². The fourth-order valence-corrected chi connectivity index (χ4v) is 3.44. The first-order chi connectivity index (χ1) is 11.6. The normalized spacial score (nSPS) is 22.9. The fraction of sp³-hybridized carbons (Fsp3) is 0.474. The Morgan fingerprint density at radius 2 is 1.92 bits per heavy atom. The summed E-state index contributed by atoms with van der Waals surface area (Å²) in [5.74, 6) is 0.136. The van der Waals surface area contributed by atoms with E-state index < -0.39 is 5.97 Å². The maximum atomic E-state index is 12.4. The Bertz CT molecular complexity index is 657. The van der Waals surface area contributed by atoms with Gasteiger partial charge in [-0.15, -0.1) is 0 Å². The Labute approximate surface area is 142 Å². The SMILES string of the molecule is C[C@@H]1CCC[C@H](C)N1C(=O)COC(=O)C1=Cc2ccccc2OC1. The molecule has 0 N–H and O–H groups in total. The summed E-state index contributed by atoms with van der Waals surface area (Å²) in [6.45, 7) is 4.04. The van der Waals surface area contributed by atoms with Crippen molar-refractivity contribution in [1.29, 1.82) is 0 Å². The quantitative estimate of drug-likeness (QED) is 0.800. The molecule has 2 heterocycles. The van der Waals surface area contributed by atoms with Crippen LogP contribution in [0.3, 0.4) is 0 Å². The van der Waals surface area contributed by atoms with Crippen molar-refractivity contribution >= 4 is 18.0 Å². The minimum absolute atomic E-state index is 0.124. The van der Waals surface area contributed by atoms with Crippen LogP contribution >= 0.6 is 0 Å². The number of carbonyl (C=O) groups is 2. The molecule has 0 saturated carbocycles. The highest BCUT2D eigenvalue weighted by atomic mass is 16.5. The molecule has 1 aromatic rings. The zero-order valence-electron chi connectivity index (χ0n) is 14.2. The van der Waals surface area contributed by atoms with Gasteiger partial charge in [-0.3, -0.25) is 4.79 Å². The molecule has 2 atom stereocenters. The van der Waals surface area contributed by atoms with Gasteiger partial charge in [-0.05, 0) is 45.3 Å². The summed E-state index contributed by atoms with van der Waals surface area (Å²) < 4.78 is 10.8. The molecular weight excluding hydrogens is 306 g/mol. The molecule has 0 aromatic heterocycles. The van der Waals surface area contributed by atoms with Crippen molar-refractivity contribution in [3.8, 4) is 5.75 Å². The van der Waals surface area contributed by atoms with Gasteiger partial charge in [0.05, 0.1) is 5.57 Å². The molecule has 1 aromatic carbocycles. The van der Waals surface area contributed by atoms with Gasteiger partial charge in [0.1, 0.15) is 12.4 Å². The fourth-order valence-electron chi connectivity index (χ4n) is 3.44. The van der Waals surface area contributed by atoms with E-state index in [2.05, 4.69) is 0 Å². The lowest BCUT2D eigenvalue weighted by molar-refractivity contribution is -0.152. The highest BCUT2D eigenvalue weighted by Crippen LogP contribution is 2.26. The minimum Gasteiger partial charge on any atom is -0.488 e. The summed E-state index contributed by atoms with van der Waals surface area (Å²) in [5, 5.41) is 0. The molecule has 1 saturated heterocycles. The van der Waals surface area contributed by atoms with Gasteiger partial charge < -0.3 is 14.4 Å². The Balaban J connectivity index is 1.60. The summed E-state index contributed by atoms with van der Waals surface area (Å²) in [7, 11) is 0. The third-order valence-electron chi connectivity index (χ3n) is 4.70. The van der Waals surface area contributed by atoms with Crippen LogP contribution in [0.2, 0.25) is 0 Å². The zero-order chi connectivity index (χ0) is 17.1. The van der Waals surface area contributed by atoms with E-state index in [1.807, 2.05) is 43.0 Å². The summed E-state index contributed by atoms with van der Waals surface area (Å²) >= 11 is 0. The van der Waals surface area contributed by atoms with Crippen LogP contribution in [-0.2, 0) is 14.3 Å². The van der Waals surface area contributed by atoms with Crippen molar-refractivity contribution in [2.24, 2.45) is 0 Å². The molecule has 0 bridgehead atoms. The number of piperidine rings is 1. The van der Waals surface area contributed by atoms with Crippen LogP contribution < -0.4 is 4.74 Å². The molecule has 1 amide bonds. The second-order valence-corrected chi connectivity index (χ2v) is 6.50. The first-order valence-corrected chi connectivity index (χ1v) is 8.47. The Kier molecular flexibility index (Phi) is 4.88. The number of esters is 1. The molecule has 5 nitrogen and oxygen atoms in total. The summed E-state index contributed by atoms with van der Waals surface area (Å²) in [4.78, 5) is 26.5. The highest BCUT2D eigenvalue weighted by molar-refractivity contribution is 5.96. The molecule has 0 aliphatic carbocycles. The summed E-state index contributed by atoms with van der Waals surface area (Å²) in [6, 6.07) is 7.90. The number of rotatable bonds is 3. The van der Waals surface area contributed by atoms with Crippen molar-refractivity contribution in [3.05, 3.63) is 35.4 Å². The number of hydrogen-bond donors (Lipinski definition) is 0. The Morgan fingerprint density at radius 1 is 1.21 bits per heavy atom. The number of benzene rings is 1. The van der Waals surface area contributed by atoms with Gasteiger partial charge >= 0.3 is 5.97 Å². The molecule has 24 heavy (non-hydrogen) atoms. The molecule has 128 valence electrons. The van der Waals surface area contributed by atoms with E-state index in [1.165, 1.54) is 0 Å². The summed E-state index contributed by atoms with van der Waals surface area (Å²) in [5.41, 5.74) is 1.28. The second kappa shape index (κ2) is 7.07. The van der Waals surface area contributed by atoms with E-state index in [0.717, 1.165) is 30.6 Å². The second-order valence-electron chi connectivity index (χ2n) is 6.50. The van der Waals surface area contributed by atoms with Crippen LogP contribution in [0.1, 0.15) is 38.7 Å². The van der Waals surface area contributed by atoms with E-state index in [9.17, 15) is 9.59 Å². The maximum absolute atomic E-state index is 12.4. The number of carbonyl (C=O) groups excluding carboxylic acids is 2. The van der Waals surface area contributed by atoms with Crippen molar-refractivity contribution in [2.45, 2.75) is 45.2 Å². The highest BCUT2D eigenvalue weighted by Gasteiger charge is 2.29. The average Bonchev–Trinajstić information content (AvgIpc) is 2.59. The van der Waals surface area contributed by atoms with Gasteiger partial charge in [0.2, 0.25) is 0 Å². The van der Waals surface area contributed by atoms with Crippen LogP contribution in [0.25, 0.3) is 6.08 Å². The molecule has 3 rings (SSSR count). The standard InChI is InChI=1S/C19H23NO4/c1-13-6-5-7-14(2)20(13)18(21)12-24-19(22)16-10-15-8-3-4-9-17(15)23-11-16/h3-4,8-10,13-14H,5-7,11-12H2,1-2H3/t13-,14+. The number of fused-ring (bicyclic) bond motifs is 1. The number of nitrogens with zero attached hydrogens (tertiary/aromatic N) is 1. The van der Waals surface area contributed by atoms with Gasteiger partial charge in [-0.1, -0.05) is 18.2 Å². The van der Waals surface area contributed by atoms with Crippen LogP contribution in [0, 0.1) is 0 Å². The minimum atomic E-state index is -0.491. The number of ether oxygens (including phenoxy) is 2. The number of hydrogen-bond acceptors (Lipinski definition) is 4. The first kappa shape index (κ1) is 16.6. The molecule has 0 radical (unpaired) electrons. The van der Waals surface area contributed by atoms with E-state index in [4.69, 9.17) is 9.47 Å². The predicted molar refractivity (Wildman–Crippen MR) is 90.5 cm³/mol. The van der Waals surface area contributed by atoms with Crippen molar-refractivity contribution in [1.82, 2.24) is 4.90 Å². The lowest BCUT2D eigenvalue weighted by atomic mass is 9.97. The van der Waals surface area contributed by atoms with Gasteiger partial charge in [0, 0.05) is 17.6 Å². The first-order valence-electron chi connectivity index (χ1n) is 8.47. The molecule has 2 aliphatic heterocycles. The lowest BCUT2D eigenvalue weighted by Gasteiger charge is -2.38. The third kappa shape index (κ3) is 3.45. The monoisotopic (exact) mass is 329 g/mol.